The van der Waals surface area contributed by atoms with Crippen LogP contribution in [0.4, 0.5) is 4.79 Å². The predicted molar refractivity (Wildman–Crippen MR) is 202 cm³/mol. The maximum Gasteiger partial charge on any atom is 0.528 e. The smallest absolute Gasteiger partial charge is 0.496 e. The number of nitrogens with zero attached hydrogens (tertiary/aromatic N) is 3. The molecule has 2 heterocycles. The fourth-order valence-corrected chi connectivity index (χ4v) is 6.58. The molecule has 1 aromatic heterocycles. The molecule has 55 heavy (non-hydrogen) atoms. The molecule has 14 nitrogen and oxygen atoms in total. The Morgan fingerprint density at radius 3 is 2.13 bits per heavy atom. The fourth-order valence-electron chi connectivity index (χ4n) is 6.58. The Morgan fingerprint density at radius 1 is 0.818 bits per heavy atom. The molecule has 0 aliphatic carbocycles. The van der Waals surface area contributed by atoms with Crippen molar-refractivity contribution in [3.63, 3.8) is 0 Å². The quantitative estimate of drug-likeness (QED) is 0.102. The van der Waals surface area contributed by atoms with Gasteiger partial charge >= 0.3 is 6.16 Å². The summed E-state index contributed by atoms with van der Waals surface area (Å²) in [5, 5.41) is 7.58. The van der Waals surface area contributed by atoms with Gasteiger partial charge in [0.1, 0.15) is 22.8 Å². The minimum Gasteiger partial charge on any atom is -0.496 e. The number of benzene rings is 4. The van der Waals surface area contributed by atoms with Crippen LogP contribution in [0.3, 0.4) is 0 Å². The molecule has 0 radical (unpaired) electrons. The van der Waals surface area contributed by atoms with Crippen molar-refractivity contribution in [3.05, 3.63) is 83.7 Å². The van der Waals surface area contributed by atoms with Crippen LogP contribution in [0.25, 0.3) is 22.2 Å². The third-order valence-electron chi connectivity index (χ3n) is 9.09. The highest BCUT2D eigenvalue weighted by Crippen LogP contribution is 2.41. The number of fused-ring (bicyclic) bond motifs is 1. The van der Waals surface area contributed by atoms with E-state index in [0.29, 0.717) is 65.5 Å². The molecule has 0 spiro atoms. The summed E-state index contributed by atoms with van der Waals surface area (Å²) in [5.74, 6) is 4.07. The predicted octanol–water partition coefficient (Wildman–Crippen LogP) is 7.75. The lowest BCUT2D eigenvalue weighted by molar-refractivity contribution is -0.179. The molecule has 1 aliphatic heterocycles. The van der Waals surface area contributed by atoms with Gasteiger partial charge in [0.25, 0.3) is 5.89 Å². The van der Waals surface area contributed by atoms with Crippen molar-refractivity contribution in [1.82, 2.24) is 15.2 Å². The molecule has 0 N–H and O–H groups in total. The molecule has 14 heteroatoms. The van der Waals surface area contributed by atoms with Gasteiger partial charge in [-0.3, -0.25) is 0 Å². The van der Waals surface area contributed by atoms with Gasteiger partial charge in [-0.05, 0) is 63.1 Å². The maximum absolute atomic E-state index is 12.6. The molecule has 0 bridgehead atoms. The van der Waals surface area contributed by atoms with Gasteiger partial charge in [0, 0.05) is 34.4 Å². The number of aromatic nitrogens is 2. The first-order valence-electron chi connectivity index (χ1n) is 17.8. The van der Waals surface area contributed by atoms with Gasteiger partial charge in [0.05, 0.1) is 54.8 Å². The van der Waals surface area contributed by atoms with Crippen LogP contribution in [-0.2, 0) is 27.5 Å². The van der Waals surface area contributed by atoms with E-state index in [4.69, 9.17) is 47.3 Å². The van der Waals surface area contributed by atoms with Crippen molar-refractivity contribution in [2.45, 2.75) is 58.0 Å². The second kappa shape index (κ2) is 17.2. The van der Waals surface area contributed by atoms with E-state index >= 15 is 0 Å². The summed E-state index contributed by atoms with van der Waals surface area (Å²) in [5.41, 5.74) is 1.82. The van der Waals surface area contributed by atoms with E-state index in [1.807, 2.05) is 54.6 Å². The standard InChI is InChI=1S/C41H47N3O11/c1-41(2,3)53-40(45)55-44-18-17-29(35(22-44)52-23-27-21-32(46-4)30-11-9-10-12-31(30)37(27)49-7)25-13-15-28(16-14-25)51-24-36-42-39(43-54-36)26-19-33(47-5)38(50-8)34(20-26)48-6/h9-16,19-21,29,35H,17-18,22-24H2,1-8H3. The summed E-state index contributed by atoms with van der Waals surface area (Å²) < 4.78 is 51.5. The topological polar surface area (TPSA) is 142 Å². The van der Waals surface area contributed by atoms with E-state index in [9.17, 15) is 4.79 Å². The Balaban J connectivity index is 1.17. The first kappa shape index (κ1) is 39.0. The van der Waals surface area contributed by atoms with E-state index < -0.39 is 11.8 Å². The Kier molecular flexibility index (Phi) is 12.2. The molecular formula is C41H47N3O11. The minimum atomic E-state index is -0.760. The van der Waals surface area contributed by atoms with Gasteiger partial charge in [-0.1, -0.05) is 41.6 Å². The summed E-state index contributed by atoms with van der Waals surface area (Å²) in [4.78, 5) is 22.7. The van der Waals surface area contributed by atoms with Crippen molar-refractivity contribution in [2.75, 3.05) is 48.6 Å². The highest BCUT2D eigenvalue weighted by molar-refractivity contribution is 5.94. The number of piperidine rings is 1. The van der Waals surface area contributed by atoms with Crippen LogP contribution in [0.1, 0.15) is 50.1 Å². The van der Waals surface area contributed by atoms with Crippen LogP contribution >= 0.6 is 0 Å². The molecule has 0 saturated carbocycles. The van der Waals surface area contributed by atoms with Crippen molar-refractivity contribution in [3.8, 4) is 45.9 Å². The molecule has 1 fully saturated rings. The van der Waals surface area contributed by atoms with E-state index in [0.717, 1.165) is 27.6 Å². The molecule has 2 unspecified atom stereocenters. The Hall–Kier alpha value is -5.73. The third-order valence-corrected chi connectivity index (χ3v) is 9.09. The average Bonchev–Trinajstić information content (AvgIpc) is 3.67. The monoisotopic (exact) mass is 757 g/mol. The average molecular weight is 758 g/mol. The van der Waals surface area contributed by atoms with E-state index in [1.54, 1.807) is 66.4 Å². The van der Waals surface area contributed by atoms with Crippen LogP contribution in [0.15, 0.2) is 71.3 Å². The van der Waals surface area contributed by atoms with Crippen LogP contribution in [0, 0.1) is 0 Å². The van der Waals surface area contributed by atoms with E-state index in [-0.39, 0.29) is 25.2 Å². The number of hydrogen-bond acceptors (Lipinski definition) is 14. The van der Waals surface area contributed by atoms with Crippen molar-refractivity contribution >= 4 is 16.9 Å². The van der Waals surface area contributed by atoms with E-state index in [1.165, 1.54) is 7.11 Å². The first-order valence-corrected chi connectivity index (χ1v) is 17.8. The first-order chi connectivity index (χ1) is 26.5. The summed E-state index contributed by atoms with van der Waals surface area (Å²) in [6, 6.07) is 21.2. The lowest BCUT2D eigenvalue weighted by atomic mass is 9.87. The maximum atomic E-state index is 12.6. The van der Waals surface area contributed by atoms with Gasteiger partial charge in [-0.2, -0.15) is 4.98 Å². The Bertz CT molecular complexity index is 2050. The number of carbonyl (C=O) groups is 1. The minimum absolute atomic E-state index is 0.0298. The molecule has 0 amide bonds. The van der Waals surface area contributed by atoms with Crippen molar-refractivity contribution < 1.29 is 52.1 Å². The number of hydroxylamine groups is 2. The highest BCUT2D eigenvalue weighted by atomic mass is 16.8. The SMILES string of the molecule is COc1cc(-c2noc(COc3ccc(C4CCN(OC(=O)OC(C)(C)C)CC4OCc4cc(OC)c5ccccc5c4OC)cc3)n2)cc(OC)c1OC. The molecule has 2 atom stereocenters. The number of hydrogen-bond donors (Lipinski definition) is 0. The normalized spacial score (nSPS) is 16.0. The number of rotatable bonds is 14. The zero-order valence-electron chi connectivity index (χ0n) is 32.4. The summed E-state index contributed by atoms with van der Waals surface area (Å²) >= 11 is 0. The zero-order chi connectivity index (χ0) is 39.1. The number of ether oxygens (including phenoxy) is 8. The second-order valence-electron chi connectivity index (χ2n) is 13.8. The van der Waals surface area contributed by atoms with Crippen LogP contribution in [-0.4, -0.2) is 81.7 Å². The highest BCUT2D eigenvalue weighted by Gasteiger charge is 2.34. The summed E-state index contributed by atoms with van der Waals surface area (Å²) in [6.07, 6.45) is -0.474. The van der Waals surface area contributed by atoms with Crippen LogP contribution in [0.5, 0.6) is 34.5 Å². The number of methoxy groups -OCH3 is 5. The lowest BCUT2D eigenvalue weighted by Crippen LogP contribution is -2.45. The molecule has 4 aromatic carbocycles. The summed E-state index contributed by atoms with van der Waals surface area (Å²) in [6.45, 7) is 6.47. The molecule has 292 valence electrons. The van der Waals surface area contributed by atoms with Crippen molar-refractivity contribution in [2.24, 2.45) is 0 Å². The molecule has 1 aliphatic rings. The van der Waals surface area contributed by atoms with Gasteiger partial charge in [0.2, 0.25) is 11.6 Å². The molecule has 5 aromatic rings. The van der Waals surface area contributed by atoms with Crippen LogP contribution < -0.4 is 28.4 Å². The van der Waals surface area contributed by atoms with Gasteiger partial charge < -0.3 is 47.3 Å². The van der Waals surface area contributed by atoms with Gasteiger partial charge in [-0.15, -0.1) is 5.06 Å². The second-order valence-corrected chi connectivity index (χ2v) is 13.8. The van der Waals surface area contributed by atoms with Crippen molar-refractivity contribution in [1.29, 1.82) is 0 Å². The Morgan fingerprint density at radius 2 is 1.49 bits per heavy atom. The third kappa shape index (κ3) is 9.15. The van der Waals surface area contributed by atoms with E-state index in [2.05, 4.69) is 10.1 Å². The lowest BCUT2D eigenvalue weighted by Gasteiger charge is -2.37. The van der Waals surface area contributed by atoms with Gasteiger partial charge in [-0.25, -0.2) is 4.79 Å². The Labute approximate surface area is 320 Å². The summed E-state index contributed by atoms with van der Waals surface area (Å²) in [7, 11) is 7.92. The molecule has 6 rings (SSSR count). The van der Waals surface area contributed by atoms with Gasteiger partial charge in [0.15, 0.2) is 18.1 Å². The fraction of sp³-hybridized carbons (Fsp3) is 0.390. The zero-order valence-corrected chi connectivity index (χ0v) is 32.4. The molecular weight excluding hydrogens is 710 g/mol. The largest absolute Gasteiger partial charge is 0.528 e. The number of carbonyl (C=O) groups excluding carboxylic acids is 1. The molecule has 1 saturated heterocycles. The van der Waals surface area contributed by atoms with Crippen LogP contribution in [0.2, 0.25) is 0 Å².